The fourth-order valence-electron chi connectivity index (χ4n) is 1.91. The Bertz CT molecular complexity index is 704. The summed E-state index contributed by atoms with van der Waals surface area (Å²) in [4.78, 5) is 12.5. The van der Waals surface area contributed by atoms with E-state index in [4.69, 9.17) is 39.5 Å². The van der Waals surface area contributed by atoms with Crippen LogP contribution in [0.5, 0.6) is 5.75 Å². The van der Waals surface area contributed by atoms with Crippen molar-refractivity contribution < 1.29 is 9.53 Å². The number of anilines is 1. The van der Waals surface area contributed by atoms with Crippen molar-refractivity contribution in [2.45, 2.75) is 19.8 Å². The third-order valence-electron chi connectivity index (χ3n) is 3.12. The van der Waals surface area contributed by atoms with Gasteiger partial charge < -0.3 is 10.1 Å². The molecule has 0 aromatic heterocycles. The van der Waals surface area contributed by atoms with Crippen LogP contribution in [-0.4, -0.2) is 12.5 Å². The van der Waals surface area contributed by atoms with Crippen molar-refractivity contribution in [3.63, 3.8) is 0 Å². The molecule has 0 heterocycles. The molecule has 1 amide bonds. The Kier molecular flexibility index (Phi) is 6.58. The number of rotatable bonds is 6. The molecule has 0 saturated carbocycles. The van der Waals surface area contributed by atoms with Crippen LogP contribution in [0.25, 0.3) is 0 Å². The van der Waals surface area contributed by atoms with Gasteiger partial charge in [-0.3, -0.25) is 4.79 Å². The van der Waals surface area contributed by atoms with Crippen molar-refractivity contribution in [1.82, 2.24) is 0 Å². The highest BCUT2D eigenvalue weighted by atomic mass is 35.5. The molecule has 1 N–H and O–H groups in total. The first-order chi connectivity index (χ1) is 11.0. The first-order valence-electron chi connectivity index (χ1n) is 7.20. The second-order valence-corrected chi connectivity index (χ2v) is 6.20. The Balaban J connectivity index is 2.23. The molecule has 6 heteroatoms. The van der Waals surface area contributed by atoms with Crippen LogP contribution in [0.1, 0.15) is 30.1 Å². The number of hydrogen-bond acceptors (Lipinski definition) is 2. The molecule has 0 aliphatic rings. The summed E-state index contributed by atoms with van der Waals surface area (Å²) < 4.78 is 5.67. The van der Waals surface area contributed by atoms with Crippen molar-refractivity contribution in [1.29, 1.82) is 0 Å². The molecule has 0 atom stereocenters. The number of amides is 1. The van der Waals surface area contributed by atoms with Gasteiger partial charge >= 0.3 is 0 Å². The second kappa shape index (κ2) is 8.44. The van der Waals surface area contributed by atoms with E-state index >= 15 is 0 Å². The number of ether oxygens (including phenoxy) is 1. The van der Waals surface area contributed by atoms with E-state index in [0.29, 0.717) is 38.7 Å². The monoisotopic (exact) mass is 371 g/mol. The Hall–Kier alpha value is -1.42. The van der Waals surface area contributed by atoms with Crippen LogP contribution >= 0.6 is 34.8 Å². The summed E-state index contributed by atoms with van der Waals surface area (Å²) in [5.74, 6) is 0.127. The van der Waals surface area contributed by atoms with Crippen LogP contribution < -0.4 is 10.1 Å². The van der Waals surface area contributed by atoms with Crippen molar-refractivity contribution in [3.05, 3.63) is 57.0 Å². The van der Waals surface area contributed by atoms with Gasteiger partial charge in [0.15, 0.2) is 0 Å². The predicted octanol–water partition coefficient (Wildman–Crippen LogP) is 6.08. The molecule has 3 nitrogen and oxygen atoms in total. The predicted molar refractivity (Wildman–Crippen MR) is 96.3 cm³/mol. The SMILES string of the molecule is CCCCOc1ccc(Cl)cc1C(=O)Nc1cc(Cl)ccc1Cl. The number of hydrogen-bond donors (Lipinski definition) is 1. The number of carbonyl (C=O) groups is 1. The summed E-state index contributed by atoms with van der Waals surface area (Å²) in [7, 11) is 0. The quantitative estimate of drug-likeness (QED) is 0.624. The van der Waals surface area contributed by atoms with E-state index in [-0.39, 0.29) is 5.91 Å². The van der Waals surface area contributed by atoms with Crippen molar-refractivity contribution in [2.75, 3.05) is 11.9 Å². The van der Waals surface area contributed by atoms with Gasteiger partial charge in [0.05, 0.1) is 22.9 Å². The van der Waals surface area contributed by atoms with Crippen molar-refractivity contribution in [2.24, 2.45) is 0 Å². The minimum absolute atomic E-state index is 0.352. The number of benzene rings is 2. The van der Waals surface area contributed by atoms with Gasteiger partial charge in [-0.15, -0.1) is 0 Å². The molecule has 23 heavy (non-hydrogen) atoms. The standard InChI is InChI=1S/C17H16Cl3NO2/c1-2-3-8-23-16-7-5-11(18)9-13(16)17(22)21-15-10-12(19)4-6-14(15)20/h4-7,9-10H,2-3,8H2,1H3,(H,21,22). The zero-order valence-electron chi connectivity index (χ0n) is 12.5. The lowest BCUT2D eigenvalue weighted by atomic mass is 10.1. The molecule has 0 aliphatic carbocycles. The molecule has 0 aliphatic heterocycles. The van der Waals surface area contributed by atoms with E-state index in [2.05, 4.69) is 12.2 Å². The Labute approximate surface area is 150 Å². The highest BCUT2D eigenvalue weighted by Crippen LogP contribution is 2.28. The van der Waals surface area contributed by atoms with Crippen molar-refractivity contribution in [3.8, 4) is 5.75 Å². The van der Waals surface area contributed by atoms with E-state index in [1.54, 1.807) is 36.4 Å². The minimum atomic E-state index is -0.358. The smallest absolute Gasteiger partial charge is 0.259 e. The maximum absolute atomic E-state index is 12.5. The van der Waals surface area contributed by atoms with Crippen LogP contribution in [0.2, 0.25) is 15.1 Å². The molecule has 0 spiro atoms. The van der Waals surface area contributed by atoms with E-state index in [1.807, 2.05) is 0 Å². The van der Waals surface area contributed by atoms with Gasteiger partial charge in [-0.05, 0) is 42.8 Å². The van der Waals surface area contributed by atoms with Crippen LogP contribution in [0, 0.1) is 0 Å². The first kappa shape index (κ1) is 17.9. The summed E-state index contributed by atoms with van der Waals surface area (Å²) in [5, 5.41) is 4.07. The van der Waals surface area contributed by atoms with Crippen LogP contribution in [0.15, 0.2) is 36.4 Å². The van der Waals surface area contributed by atoms with E-state index in [9.17, 15) is 4.79 Å². The average Bonchev–Trinajstić information content (AvgIpc) is 2.52. The topological polar surface area (TPSA) is 38.3 Å². The summed E-state index contributed by atoms with van der Waals surface area (Å²) in [6.07, 6.45) is 1.91. The number of carbonyl (C=O) groups excluding carboxylic acids is 1. The van der Waals surface area contributed by atoms with Crippen molar-refractivity contribution >= 4 is 46.4 Å². The number of halogens is 3. The van der Waals surface area contributed by atoms with E-state index in [1.165, 1.54) is 0 Å². The lowest BCUT2D eigenvalue weighted by molar-refractivity contribution is 0.102. The molecule has 122 valence electrons. The molecule has 2 rings (SSSR count). The largest absolute Gasteiger partial charge is 0.493 e. The molecular formula is C17H16Cl3NO2. The van der Waals surface area contributed by atoms with E-state index < -0.39 is 0 Å². The third-order valence-corrected chi connectivity index (χ3v) is 3.92. The molecule has 0 saturated heterocycles. The summed E-state index contributed by atoms with van der Waals surface area (Å²) in [6, 6.07) is 9.80. The highest BCUT2D eigenvalue weighted by molar-refractivity contribution is 6.36. The maximum Gasteiger partial charge on any atom is 0.259 e. The molecule has 0 bridgehead atoms. The molecule has 0 radical (unpaired) electrons. The van der Waals surface area contributed by atoms with Gasteiger partial charge in [-0.2, -0.15) is 0 Å². The molecular weight excluding hydrogens is 357 g/mol. The maximum atomic E-state index is 12.5. The molecule has 0 unspecified atom stereocenters. The minimum Gasteiger partial charge on any atom is -0.493 e. The number of unbranched alkanes of at least 4 members (excludes halogenated alkanes) is 1. The summed E-state index contributed by atoms with van der Waals surface area (Å²) in [5.41, 5.74) is 0.785. The zero-order valence-corrected chi connectivity index (χ0v) is 14.8. The van der Waals surface area contributed by atoms with Crippen LogP contribution in [-0.2, 0) is 0 Å². The molecule has 2 aromatic rings. The van der Waals surface area contributed by atoms with Crippen LogP contribution in [0.3, 0.4) is 0 Å². The lowest BCUT2D eigenvalue weighted by Gasteiger charge is -2.13. The number of nitrogens with one attached hydrogen (secondary N) is 1. The summed E-state index contributed by atoms with van der Waals surface area (Å²) >= 11 is 18.0. The fraction of sp³-hybridized carbons (Fsp3) is 0.235. The van der Waals surface area contributed by atoms with Gasteiger partial charge in [0, 0.05) is 10.0 Å². The third kappa shape index (κ3) is 5.03. The van der Waals surface area contributed by atoms with E-state index in [0.717, 1.165) is 12.8 Å². The van der Waals surface area contributed by atoms with Gasteiger partial charge in [0.2, 0.25) is 0 Å². The van der Waals surface area contributed by atoms with Gasteiger partial charge in [0.25, 0.3) is 5.91 Å². The summed E-state index contributed by atoms with van der Waals surface area (Å²) in [6.45, 7) is 2.61. The highest BCUT2D eigenvalue weighted by Gasteiger charge is 2.15. The first-order valence-corrected chi connectivity index (χ1v) is 8.33. The van der Waals surface area contributed by atoms with Gasteiger partial charge in [-0.25, -0.2) is 0 Å². The second-order valence-electron chi connectivity index (χ2n) is 4.92. The Morgan fingerprint density at radius 1 is 1.09 bits per heavy atom. The molecule has 0 fully saturated rings. The Morgan fingerprint density at radius 3 is 2.52 bits per heavy atom. The Morgan fingerprint density at radius 2 is 1.78 bits per heavy atom. The van der Waals surface area contributed by atoms with Gasteiger partial charge in [-0.1, -0.05) is 48.1 Å². The van der Waals surface area contributed by atoms with Gasteiger partial charge in [0.1, 0.15) is 5.75 Å². The molecule has 2 aromatic carbocycles. The fourth-order valence-corrected chi connectivity index (χ4v) is 2.42. The average molecular weight is 373 g/mol. The lowest BCUT2D eigenvalue weighted by Crippen LogP contribution is -2.14. The zero-order chi connectivity index (χ0) is 16.8. The normalized spacial score (nSPS) is 10.4. The van der Waals surface area contributed by atoms with Crippen LogP contribution in [0.4, 0.5) is 5.69 Å².